The normalized spacial score (nSPS) is 18.9. The number of carbonyl (C=O) groups excluding carboxylic acids is 1. The third kappa shape index (κ3) is 8.57. The number of piperazine rings is 1. The number of nitrogens with zero attached hydrogens (tertiary/aromatic N) is 3. The number of hydrogen-bond donors (Lipinski definition) is 2. The highest BCUT2D eigenvalue weighted by Crippen LogP contribution is 2.29. The van der Waals surface area contributed by atoms with Gasteiger partial charge in [-0.3, -0.25) is 14.6 Å². The molecule has 2 heterocycles. The lowest BCUT2D eigenvalue weighted by Gasteiger charge is -2.35. The van der Waals surface area contributed by atoms with Crippen molar-refractivity contribution in [2.24, 2.45) is 5.73 Å². The van der Waals surface area contributed by atoms with E-state index in [1.807, 2.05) is 17.0 Å². The molecule has 1 amide bonds. The third-order valence-electron chi connectivity index (χ3n) is 5.98. The molecule has 10 heteroatoms. The molecule has 1 unspecified atom stereocenters. The summed E-state index contributed by atoms with van der Waals surface area (Å²) in [5.74, 6) is 1.43. The monoisotopic (exact) mass is 492 g/mol. The molecule has 1 aromatic carbocycles. The molecular formula is C22H38Cl2N4O4. The van der Waals surface area contributed by atoms with E-state index in [0.717, 1.165) is 45.6 Å². The Morgan fingerprint density at radius 2 is 1.75 bits per heavy atom. The Hall–Kier alpha value is -1.29. The van der Waals surface area contributed by atoms with Gasteiger partial charge in [0.1, 0.15) is 12.7 Å². The lowest BCUT2D eigenvalue weighted by Crippen LogP contribution is -2.50. The Kier molecular flexibility index (Phi) is 12.6. The minimum atomic E-state index is -0.601. The van der Waals surface area contributed by atoms with E-state index in [1.165, 1.54) is 5.56 Å². The molecule has 0 aliphatic carbocycles. The number of benzene rings is 1. The zero-order valence-corrected chi connectivity index (χ0v) is 20.7. The van der Waals surface area contributed by atoms with Gasteiger partial charge in [-0.1, -0.05) is 6.07 Å². The first kappa shape index (κ1) is 28.7. The van der Waals surface area contributed by atoms with Crippen molar-refractivity contribution < 1.29 is 19.4 Å². The van der Waals surface area contributed by atoms with Crippen molar-refractivity contribution in [3.05, 3.63) is 23.8 Å². The van der Waals surface area contributed by atoms with Gasteiger partial charge in [0.15, 0.2) is 11.5 Å². The average Bonchev–Trinajstić information content (AvgIpc) is 2.74. The fourth-order valence-electron chi connectivity index (χ4n) is 4.08. The van der Waals surface area contributed by atoms with Gasteiger partial charge in [-0.2, -0.15) is 0 Å². The van der Waals surface area contributed by atoms with E-state index < -0.39 is 6.10 Å². The number of carbonyl (C=O) groups is 1. The predicted molar refractivity (Wildman–Crippen MR) is 130 cm³/mol. The highest BCUT2D eigenvalue weighted by molar-refractivity contribution is 5.85. The molecule has 1 aromatic rings. The minimum absolute atomic E-state index is 0. The molecule has 2 saturated heterocycles. The summed E-state index contributed by atoms with van der Waals surface area (Å²) >= 11 is 0. The topological polar surface area (TPSA) is 91.5 Å². The van der Waals surface area contributed by atoms with Crippen LogP contribution < -0.4 is 15.2 Å². The number of amides is 1. The number of hydrogen-bond acceptors (Lipinski definition) is 7. The SMILES string of the molecule is COc1cc(CN2CCC(N)CC2)ccc1OCC(O)CN1CCN(C(C)=O)CC1.Cl.Cl. The molecule has 0 spiro atoms. The third-order valence-corrected chi connectivity index (χ3v) is 5.98. The van der Waals surface area contributed by atoms with Crippen molar-refractivity contribution in [3.63, 3.8) is 0 Å². The molecule has 184 valence electrons. The number of methoxy groups -OCH3 is 1. The Bertz CT molecular complexity index is 697. The van der Waals surface area contributed by atoms with E-state index in [1.54, 1.807) is 14.0 Å². The van der Waals surface area contributed by atoms with Gasteiger partial charge in [0.2, 0.25) is 5.91 Å². The molecule has 32 heavy (non-hydrogen) atoms. The molecule has 2 aliphatic heterocycles. The molecule has 0 aromatic heterocycles. The number of β-amino-alcohol motifs (C(OH)–C–C–N with tert-alkyl or cyclic N) is 1. The van der Waals surface area contributed by atoms with Gasteiger partial charge in [0, 0.05) is 52.2 Å². The fourth-order valence-corrected chi connectivity index (χ4v) is 4.08. The second-order valence-electron chi connectivity index (χ2n) is 8.37. The van der Waals surface area contributed by atoms with E-state index in [2.05, 4.69) is 15.9 Å². The van der Waals surface area contributed by atoms with Crippen LogP contribution in [0.25, 0.3) is 0 Å². The molecule has 2 aliphatic rings. The van der Waals surface area contributed by atoms with Crippen molar-refractivity contribution in [1.82, 2.24) is 14.7 Å². The maximum atomic E-state index is 11.4. The average molecular weight is 493 g/mol. The number of ether oxygens (including phenoxy) is 2. The van der Waals surface area contributed by atoms with Crippen molar-refractivity contribution >= 4 is 30.7 Å². The summed E-state index contributed by atoms with van der Waals surface area (Å²) in [6, 6.07) is 6.31. The van der Waals surface area contributed by atoms with Crippen LogP contribution in [0.4, 0.5) is 0 Å². The maximum Gasteiger partial charge on any atom is 0.219 e. The van der Waals surface area contributed by atoms with E-state index in [4.69, 9.17) is 15.2 Å². The minimum Gasteiger partial charge on any atom is -0.493 e. The number of piperidine rings is 1. The van der Waals surface area contributed by atoms with Gasteiger partial charge < -0.3 is 25.2 Å². The van der Waals surface area contributed by atoms with Crippen LogP contribution in [0.15, 0.2) is 18.2 Å². The van der Waals surface area contributed by atoms with Crippen LogP contribution in [0, 0.1) is 0 Å². The van der Waals surface area contributed by atoms with E-state index >= 15 is 0 Å². The number of halogens is 2. The number of aliphatic hydroxyl groups is 1. The summed E-state index contributed by atoms with van der Waals surface area (Å²) in [5.41, 5.74) is 7.17. The first-order chi connectivity index (χ1) is 14.4. The van der Waals surface area contributed by atoms with Crippen molar-refractivity contribution in [2.75, 3.05) is 59.5 Å². The largest absolute Gasteiger partial charge is 0.493 e. The Morgan fingerprint density at radius 1 is 1.09 bits per heavy atom. The lowest BCUT2D eigenvalue weighted by molar-refractivity contribution is -0.130. The molecule has 0 radical (unpaired) electrons. The van der Waals surface area contributed by atoms with Crippen LogP contribution in [-0.2, 0) is 11.3 Å². The van der Waals surface area contributed by atoms with Crippen LogP contribution in [0.5, 0.6) is 11.5 Å². The quantitative estimate of drug-likeness (QED) is 0.565. The van der Waals surface area contributed by atoms with Gasteiger partial charge in [-0.15, -0.1) is 24.8 Å². The second kappa shape index (κ2) is 14.1. The summed E-state index contributed by atoms with van der Waals surface area (Å²) in [5, 5.41) is 10.4. The van der Waals surface area contributed by atoms with Gasteiger partial charge in [0.25, 0.3) is 0 Å². The molecular weight excluding hydrogens is 455 g/mol. The fraction of sp³-hybridized carbons (Fsp3) is 0.682. The molecule has 0 saturated carbocycles. The molecule has 1 atom stereocenters. The van der Waals surface area contributed by atoms with Gasteiger partial charge in [0.05, 0.1) is 7.11 Å². The highest BCUT2D eigenvalue weighted by atomic mass is 35.5. The van der Waals surface area contributed by atoms with Crippen LogP contribution in [0.3, 0.4) is 0 Å². The summed E-state index contributed by atoms with van der Waals surface area (Å²) < 4.78 is 11.4. The molecule has 8 nitrogen and oxygen atoms in total. The molecule has 0 bridgehead atoms. The zero-order valence-electron chi connectivity index (χ0n) is 19.1. The summed E-state index contributed by atoms with van der Waals surface area (Å²) in [4.78, 5) is 17.8. The van der Waals surface area contributed by atoms with Crippen LogP contribution in [0.2, 0.25) is 0 Å². The maximum absolute atomic E-state index is 11.4. The van der Waals surface area contributed by atoms with Crippen LogP contribution in [0.1, 0.15) is 25.3 Å². The number of rotatable bonds is 8. The van der Waals surface area contributed by atoms with Crippen LogP contribution >= 0.6 is 24.8 Å². The standard InChI is InChI=1S/C22H36N4O4.2ClH/c1-17(27)26-11-9-25(10-12-26)15-20(28)16-30-21-4-3-18(13-22(21)29-2)14-24-7-5-19(23)6-8-24;;/h3-4,13,19-20,28H,5-12,14-16,23H2,1-2H3;2*1H. The number of nitrogens with two attached hydrogens (primary N) is 1. The summed E-state index contributed by atoms with van der Waals surface area (Å²) in [7, 11) is 1.64. The molecule has 3 N–H and O–H groups in total. The lowest BCUT2D eigenvalue weighted by atomic mass is 10.1. The van der Waals surface area contributed by atoms with Crippen molar-refractivity contribution in [3.8, 4) is 11.5 Å². The second-order valence-corrected chi connectivity index (χ2v) is 8.37. The Morgan fingerprint density at radius 3 is 2.34 bits per heavy atom. The smallest absolute Gasteiger partial charge is 0.219 e. The first-order valence-electron chi connectivity index (χ1n) is 10.9. The molecule has 3 rings (SSSR count). The first-order valence-corrected chi connectivity index (χ1v) is 10.9. The summed E-state index contributed by atoms with van der Waals surface area (Å²) in [6.07, 6.45) is 1.48. The number of likely N-dealkylation sites (tertiary alicyclic amines) is 1. The van der Waals surface area contributed by atoms with E-state index in [9.17, 15) is 9.90 Å². The Labute approximate surface area is 203 Å². The summed E-state index contributed by atoms with van der Waals surface area (Å²) in [6.45, 7) is 8.21. The number of aliphatic hydroxyl groups excluding tert-OH is 1. The van der Waals surface area contributed by atoms with Crippen LogP contribution in [-0.4, -0.2) is 97.4 Å². The van der Waals surface area contributed by atoms with Gasteiger partial charge in [-0.05, 0) is 43.6 Å². The predicted octanol–water partition coefficient (Wildman–Crippen LogP) is 1.37. The van der Waals surface area contributed by atoms with Crippen molar-refractivity contribution in [2.45, 2.75) is 38.5 Å². The van der Waals surface area contributed by atoms with Crippen molar-refractivity contribution in [1.29, 1.82) is 0 Å². The zero-order chi connectivity index (χ0) is 21.5. The van der Waals surface area contributed by atoms with Gasteiger partial charge >= 0.3 is 0 Å². The van der Waals surface area contributed by atoms with E-state index in [0.29, 0.717) is 37.2 Å². The highest BCUT2D eigenvalue weighted by Gasteiger charge is 2.21. The van der Waals surface area contributed by atoms with E-state index in [-0.39, 0.29) is 37.3 Å². The Balaban J connectivity index is 0.00000256. The molecule has 2 fully saturated rings. The van der Waals surface area contributed by atoms with Gasteiger partial charge in [-0.25, -0.2) is 0 Å².